The van der Waals surface area contributed by atoms with Gasteiger partial charge in [0.25, 0.3) is 0 Å². The van der Waals surface area contributed by atoms with Gasteiger partial charge in [0.2, 0.25) is 5.91 Å². The van der Waals surface area contributed by atoms with Gasteiger partial charge in [-0.1, -0.05) is 59.8 Å². The van der Waals surface area contributed by atoms with Gasteiger partial charge in [0, 0.05) is 29.5 Å². The highest BCUT2D eigenvalue weighted by atomic mass is 32.2. The number of amides is 1. The standard InChI is InChI=1S/C26H24N4O3S/c1-16-9-11-18(12-10-16)23-20(15-29(28-23)19-7-5-4-6-8-19)24-22(25(32)33-3)17(2)27-26-30(24)21(31)13-14-34-26/h4-12,15,24H,13-14H2,1-3H3. The summed E-state index contributed by atoms with van der Waals surface area (Å²) in [6, 6.07) is 17.2. The Morgan fingerprint density at radius 2 is 1.82 bits per heavy atom. The minimum absolute atomic E-state index is 0.0706. The van der Waals surface area contributed by atoms with Crippen molar-refractivity contribution in [2.24, 2.45) is 4.99 Å². The van der Waals surface area contributed by atoms with Gasteiger partial charge in [-0.15, -0.1) is 0 Å². The lowest BCUT2D eigenvalue weighted by Crippen LogP contribution is -2.45. The molecule has 2 aromatic carbocycles. The van der Waals surface area contributed by atoms with Crippen LogP contribution in [0.25, 0.3) is 16.9 Å². The number of aliphatic imine (C=N–C) groups is 1. The number of fused-ring (bicyclic) bond motifs is 1. The summed E-state index contributed by atoms with van der Waals surface area (Å²) < 4.78 is 6.93. The molecule has 0 spiro atoms. The highest BCUT2D eigenvalue weighted by Crippen LogP contribution is 2.43. The van der Waals surface area contributed by atoms with Gasteiger partial charge < -0.3 is 4.74 Å². The van der Waals surface area contributed by atoms with Crippen LogP contribution >= 0.6 is 11.8 Å². The van der Waals surface area contributed by atoms with E-state index in [4.69, 9.17) is 9.84 Å². The van der Waals surface area contributed by atoms with E-state index in [0.29, 0.717) is 34.3 Å². The van der Waals surface area contributed by atoms with Crippen LogP contribution in [0, 0.1) is 6.92 Å². The molecule has 5 rings (SSSR count). The average Bonchev–Trinajstić information content (AvgIpc) is 3.29. The molecule has 0 N–H and O–H groups in total. The number of carbonyl (C=O) groups is 2. The second kappa shape index (κ2) is 8.95. The van der Waals surface area contributed by atoms with Crippen molar-refractivity contribution < 1.29 is 14.3 Å². The number of aromatic nitrogens is 2. The van der Waals surface area contributed by atoms with Crippen LogP contribution in [0.2, 0.25) is 0 Å². The fourth-order valence-corrected chi connectivity index (χ4v) is 5.30. The van der Waals surface area contributed by atoms with E-state index in [1.54, 1.807) is 16.5 Å². The Hall–Kier alpha value is -3.65. The summed E-state index contributed by atoms with van der Waals surface area (Å²) >= 11 is 1.52. The lowest BCUT2D eigenvalue weighted by Gasteiger charge is -2.38. The van der Waals surface area contributed by atoms with Crippen LogP contribution in [0.15, 0.2) is 77.1 Å². The number of hydrogen-bond acceptors (Lipinski definition) is 6. The van der Waals surface area contributed by atoms with E-state index in [2.05, 4.69) is 4.99 Å². The highest BCUT2D eigenvalue weighted by molar-refractivity contribution is 8.14. The first kappa shape index (κ1) is 22.2. The third-order valence-corrected chi connectivity index (χ3v) is 6.95. The number of carbonyl (C=O) groups excluding carboxylic acids is 2. The number of nitrogens with zero attached hydrogens (tertiary/aromatic N) is 4. The molecule has 3 aromatic rings. The zero-order chi connectivity index (χ0) is 23.8. The van der Waals surface area contributed by atoms with Crippen LogP contribution in [0.3, 0.4) is 0 Å². The number of allylic oxidation sites excluding steroid dienone is 1. The van der Waals surface area contributed by atoms with Crippen LogP contribution in [0.5, 0.6) is 0 Å². The lowest BCUT2D eigenvalue weighted by atomic mass is 9.92. The van der Waals surface area contributed by atoms with Crippen LogP contribution in [0.1, 0.15) is 30.5 Å². The minimum Gasteiger partial charge on any atom is -0.466 e. The van der Waals surface area contributed by atoms with Crippen molar-refractivity contribution in [3.05, 3.63) is 83.2 Å². The topological polar surface area (TPSA) is 76.8 Å². The first-order chi connectivity index (χ1) is 16.5. The molecule has 1 amide bonds. The van der Waals surface area contributed by atoms with Crippen LogP contribution in [-0.2, 0) is 14.3 Å². The van der Waals surface area contributed by atoms with E-state index in [1.807, 2.05) is 67.7 Å². The second-order valence-electron chi connectivity index (χ2n) is 8.23. The van der Waals surface area contributed by atoms with E-state index in [9.17, 15) is 9.59 Å². The molecular formula is C26H24N4O3S. The van der Waals surface area contributed by atoms with E-state index in [1.165, 1.54) is 18.9 Å². The van der Waals surface area contributed by atoms with E-state index in [0.717, 1.165) is 22.4 Å². The third kappa shape index (κ3) is 3.84. The van der Waals surface area contributed by atoms with E-state index >= 15 is 0 Å². The van der Waals surface area contributed by atoms with Gasteiger partial charge in [-0.05, 0) is 26.0 Å². The molecule has 7 nitrogen and oxygen atoms in total. The zero-order valence-corrected chi connectivity index (χ0v) is 20.0. The number of para-hydroxylation sites is 1. The van der Waals surface area contributed by atoms with Crippen LogP contribution in [0.4, 0.5) is 0 Å². The maximum atomic E-state index is 13.2. The SMILES string of the molecule is COC(=O)C1=C(C)N=C2SCCC(=O)N2C1c1cn(-c2ccccc2)nc1-c1ccc(C)cc1. The lowest BCUT2D eigenvalue weighted by molar-refractivity contribution is -0.137. The number of methoxy groups -OCH3 is 1. The number of amidine groups is 1. The minimum atomic E-state index is -0.686. The van der Waals surface area contributed by atoms with Crippen molar-refractivity contribution in [2.45, 2.75) is 26.3 Å². The summed E-state index contributed by atoms with van der Waals surface area (Å²) in [5.74, 6) is 0.0882. The van der Waals surface area contributed by atoms with Crippen LogP contribution in [-0.4, -0.2) is 44.6 Å². The van der Waals surface area contributed by atoms with Gasteiger partial charge in [-0.3, -0.25) is 9.69 Å². The Morgan fingerprint density at radius 1 is 1.09 bits per heavy atom. The summed E-state index contributed by atoms with van der Waals surface area (Å²) in [7, 11) is 1.35. The maximum absolute atomic E-state index is 13.2. The number of rotatable bonds is 4. The Bertz CT molecular complexity index is 1330. The second-order valence-corrected chi connectivity index (χ2v) is 9.29. The summed E-state index contributed by atoms with van der Waals surface area (Å²) in [6.07, 6.45) is 2.28. The summed E-state index contributed by atoms with van der Waals surface area (Å²) in [4.78, 5) is 32.4. The largest absolute Gasteiger partial charge is 0.466 e. The first-order valence-electron chi connectivity index (χ1n) is 11.0. The molecule has 0 aliphatic carbocycles. The zero-order valence-electron chi connectivity index (χ0n) is 19.2. The van der Waals surface area contributed by atoms with Crippen molar-refractivity contribution in [3.63, 3.8) is 0 Å². The molecule has 2 aliphatic rings. The predicted octanol–water partition coefficient (Wildman–Crippen LogP) is 4.67. The van der Waals surface area contributed by atoms with Crippen molar-refractivity contribution in [3.8, 4) is 16.9 Å². The van der Waals surface area contributed by atoms with Crippen molar-refractivity contribution >= 4 is 28.8 Å². The third-order valence-electron chi connectivity index (χ3n) is 5.99. The smallest absolute Gasteiger partial charge is 0.338 e. The normalized spacial score (nSPS) is 18.0. The Labute approximate surface area is 202 Å². The molecule has 0 radical (unpaired) electrons. The fourth-order valence-electron chi connectivity index (χ4n) is 4.30. The van der Waals surface area contributed by atoms with Crippen molar-refractivity contribution in [2.75, 3.05) is 12.9 Å². The molecule has 172 valence electrons. The van der Waals surface area contributed by atoms with E-state index in [-0.39, 0.29) is 5.91 Å². The Morgan fingerprint density at radius 3 is 2.53 bits per heavy atom. The van der Waals surface area contributed by atoms with Gasteiger partial charge in [-0.25, -0.2) is 14.5 Å². The number of ether oxygens (including phenoxy) is 1. The quantitative estimate of drug-likeness (QED) is 0.516. The average molecular weight is 473 g/mol. The number of aryl methyl sites for hydroxylation is 1. The maximum Gasteiger partial charge on any atom is 0.338 e. The number of esters is 1. The molecule has 0 bridgehead atoms. The van der Waals surface area contributed by atoms with Gasteiger partial charge in [-0.2, -0.15) is 5.10 Å². The van der Waals surface area contributed by atoms with Gasteiger partial charge in [0.1, 0.15) is 6.04 Å². The molecule has 1 unspecified atom stereocenters. The molecule has 1 atom stereocenters. The summed E-state index contributed by atoms with van der Waals surface area (Å²) in [5, 5.41) is 5.53. The number of benzene rings is 2. The number of thioether (sulfide) groups is 1. The van der Waals surface area contributed by atoms with Crippen molar-refractivity contribution in [1.82, 2.24) is 14.7 Å². The molecule has 34 heavy (non-hydrogen) atoms. The number of hydrogen-bond donors (Lipinski definition) is 0. The molecular weight excluding hydrogens is 448 g/mol. The molecule has 0 saturated carbocycles. The van der Waals surface area contributed by atoms with Crippen molar-refractivity contribution in [1.29, 1.82) is 0 Å². The Balaban J connectivity index is 1.76. The van der Waals surface area contributed by atoms with E-state index < -0.39 is 12.0 Å². The fraction of sp³-hybridized carbons (Fsp3) is 0.231. The monoisotopic (exact) mass is 472 g/mol. The highest BCUT2D eigenvalue weighted by Gasteiger charge is 2.43. The van der Waals surface area contributed by atoms with Gasteiger partial charge in [0.15, 0.2) is 5.17 Å². The molecule has 3 heterocycles. The molecule has 1 fully saturated rings. The molecule has 1 saturated heterocycles. The molecule has 2 aliphatic heterocycles. The first-order valence-corrected chi connectivity index (χ1v) is 12.0. The summed E-state index contributed by atoms with van der Waals surface area (Å²) in [6.45, 7) is 3.82. The predicted molar refractivity (Wildman–Crippen MR) is 133 cm³/mol. The molecule has 8 heteroatoms. The summed E-state index contributed by atoms with van der Waals surface area (Å²) in [5.41, 5.74) is 5.26. The van der Waals surface area contributed by atoms with Gasteiger partial charge >= 0.3 is 5.97 Å². The van der Waals surface area contributed by atoms with Crippen LogP contribution < -0.4 is 0 Å². The Kier molecular flexibility index (Phi) is 5.83. The van der Waals surface area contributed by atoms with Gasteiger partial charge in [0.05, 0.1) is 29.8 Å². The molecule has 1 aromatic heterocycles.